The highest BCUT2D eigenvalue weighted by atomic mass is 16.5. The van der Waals surface area contributed by atoms with E-state index >= 15 is 0 Å². The van der Waals surface area contributed by atoms with E-state index in [4.69, 9.17) is 4.74 Å². The number of hydrogen-bond donors (Lipinski definition) is 1. The Hall–Kier alpha value is -2.27. The fourth-order valence-corrected chi connectivity index (χ4v) is 3.56. The summed E-state index contributed by atoms with van der Waals surface area (Å²) in [6.45, 7) is 5.45. The minimum Gasteiger partial charge on any atom is -0.379 e. The van der Waals surface area contributed by atoms with E-state index in [0.29, 0.717) is 0 Å². The second-order valence-corrected chi connectivity index (χ2v) is 6.75. The highest BCUT2D eigenvalue weighted by Gasteiger charge is 2.18. The molecule has 1 aliphatic heterocycles. The molecule has 0 spiro atoms. The molecule has 2 aromatic carbocycles. The monoisotopic (exact) mass is 347 g/mol. The van der Waals surface area contributed by atoms with Crippen molar-refractivity contribution in [3.8, 4) is 0 Å². The first-order valence-electron chi connectivity index (χ1n) is 9.31. The number of aromatic nitrogens is 1. The number of morpholine rings is 1. The molecule has 1 atom stereocenters. The number of ether oxygens (including phenoxy) is 1. The maximum Gasteiger partial charge on any atom is 0.0746 e. The van der Waals surface area contributed by atoms with Crippen LogP contribution in [0.5, 0.6) is 0 Å². The first-order valence-corrected chi connectivity index (χ1v) is 9.31. The van der Waals surface area contributed by atoms with Crippen LogP contribution in [0.3, 0.4) is 0 Å². The first-order chi connectivity index (χ1) is 12.9. The molecule has 0 aliphatic carbocycles. The van der Waals surface area contributed by atoms with Crippen molar-refractivity contribution in [2.24, 2.45) is 0 Å². The van der Waals surface area contributed by atoms with Crippen molar-refractivity contribution in [3.05, 3.63) is 78.0 Å². The summed E-state index contributed by atoms with van der Waals surface area (Å²) in [6.07, 6.45) is 1.87. The van der Waals surface area contributed by atoms with Crippen molar-refractivity contribution in [2.75, 3.05) is 32.8 Å². The van der Waals surface area contributed by atoms with Crippen molar-refractivity contribution in [1.82, 2.24) is 15.2 Å². The molecule has 1 fully saturated rings. The lowest BCUT2D eigenvalue weighted by atomic mass is 10.0. The van der Waals surface area contributed by atoms with Gasteiger partial charge in [0, 0.05) is 43.8 Å². The van der Waals surface area contributed by atoms with Crippen LogP contribution in [0.2, 0.25) is 0 Å². The fraction of sp³-hybridized carbons (Fsp3) is 0.318. The number of pyridine rings is 1. The Bertz CT molecular complexity index is 826. The SMILES string of the molecule is c1ccc(C(CN2CCOCC2)NCc2cccc3cccnc23)cc1. The van der Waals surface area contributed by atoms with Crippen LogP contribution in [0.1, 0.15) is 17.2 Å². The first kappa shape index (κ1) is 17.2. The quantitative estimate of drug-likeness (QED) is 0.742. The molecule has 4 rings (SSSR count). The van der Waals surface area contributed by atoms with Gasteiger partial charge in [-0.1, -0.05) is 54.6 Å². The van der Waals surface area contributed by atoms with Gasteiger partial charge in [0.2, 0.25) is 0 Å². The van der Waals surface area contributed by atoms with E-state index in [-0.39, 0.29) is 6.04 Å². The maximum atomic E-state index is 5.49. The highest BCUT2D eigenvalue weighted by Crippen LogP contribution is 2.19. The van der Waals surface area contributed by atoms with E-state index in [2.05, 4.69) is 69.8 Å². The minimum absolute atomic E-state index is 0.285. The van der Waals surface area contributed by atoms with Gasteiger partial charge in [0.1, 0.15) is 0 Å². The van der Waals surface area contributed by atoms with Gasteiger partial charge in [-0.2, -0.15) is 0 Å². The Morgan fingerprint density at radius 2 is 1.77 bits per heavy atom. The molecule has 1 unspecified atom stereocenters. The molecule has 0 bridgehead atoms. The Morgan fingerprint density at radius 1 is 0.962 bits per heavy atom. The number of rotatable bonds is 6. The summed E-state index contributed by atoms with van der Waals surface area (Å²) in [4.78, 5) is 7.06. The van der Waals surface area contributed by atoms with Crippen LogP contribution in [-0.4, -0.2) is 42.7 Å². The van der Waals surface area contributed by atoms with Crippen LogP contribution in [0, 0.1) is 0 Å². The van der Waals surface area contributed by atoms with Crippen molar-refractivity contribution < 1.29 is 4.74 Å². The highest BCUT2D eigenvalue weighted by molar-refractivity contribution is 5.81. The van der Waals surface area contributed by atoms with Gasteiger partial charge in [0.05, 0.1) is 18.7 Å². The molecule has 1 aliphatic rings. The van der Waals surface area contributed by atoms with Gasteiger partial charge >= 0.3 is 0 Å². The Kier molecular flexibility index (Phi) is 5.55. The van der Waals surface area contributed by atoms with Gasteiger partial charge < -0.3 is 10.1 Å². The van der Waals surface area contributed by atoms with Crippen LogP contribution in [0.25, 0.3) is 10.9 Å². The largest absolute Gasteiger partial charge is 0.379 e. The molecule has 0 amide bonds. The molecular weight excluding hydrogens is 322 g/mol. The summed E-state index contributed by atoms with van der Waals surface area (Å²) in [7, 11) is 0. The summed E-state index contributed by atoms with van der Waals surface area (Å²) in [6, 6.07) is 21.5. The van der Waals surface area contributed by atoms with Crippen LogP contribution in [-0.2, 0) is 11.3 Å². The van der Waals surface area contributed by atoms with Crippen LogP contribution in [0.15, 0.2) is 66.9 Å². The number of fused-ring (bicyclic) bond motifs is 1. The zero-order valence-corrected chi connectivity index (χ0v) is 15.0. The number of para-hydroxylation sites is 1. The molecule has 1 aromatic heterocycles. The van der Waals surface area contributed by atoms with Crippen molar-refractivity contribution in [3.63, 3.8) is 0 Å². The standard InChI is InChI=1S/C22H25N3O/c1-2-6-18(7-3-1)21(17-25-12-14-26-15-13-25)24-16-20-9-4-8-19-10-5-11-23-22(19)20/h1-11,21,24H,12-17H2. The molecule has 1 saturated heterocycles. The smallest absolute Gasteiger partial charge is 0.0746 e. The third-order valence-corrected chi connectivity index (χ3v) is 5.00. The summed E-state index contributed by atoms with van der Waals surface area (Å²) >= 11 is 0. The van der Waals surface area contributed by atoms with E-state index in [1.807, 2.05) is 12.3 Å². The molecular formula is C22H25N3O. The maximum absolute atomic E-state index is 5.49. The van der Waals surface area contributed by atoms with Gasteiger partial charge in [-0.3, -0.25) is 9.88 Å². The molecule has 134 valence electrons. The molecule has 0 radical (unpaired) electrons. The van der Waals surface area contributed by atoms with Crippen LogP contribution >= 0.6 is 0 Å². The van der Waals surface area contributed by atoms with Crippen molar-refractivity contribution in [1.29, 1.82) is 0 Å². The van der Waals surface area contributed by atoms with E-state index in [9.17, 15) is 0 Å². The number of benzene rings is 2. The Morgan fingerprint density at radius 3 is 2.62 bits per heavy atom. The average Bonchev–Trinajstić information content (AvgIpc) is 2.72. The van der Waals surface area contributed by atoms with Crippen LogP contribution in [0.4, 0.5) is 0 Å². The second kappa shape index (κ2) is 8.41. The molecule has 0 saturated carbocycles. The third kappa shape index (κ3) is 4.10. The predicted octanol–water partition coefficient (Wildman–Crippen LogP) is 3.40. The average molecular weight is 347 g/mol. The van der Waals surface area contributed by atoms with Crippen molar-refractivity contribution >= 4 is 10.9 Å². The fourth-order valence-electron chi connectivity index (χ4n) is 3.56. The van der Waals surface area contributed by atoms with Gasteiger partial charge in [-0.25, -0.2) is 0 Å². The minimum atomic E-state index is 0.285. The second-order valence-electron chi connectivity index (χ2n) is 6.75. The Balaban J connectivity index is 1.52. The summed E-state index contributed by atoms with van der Waals surface area (Å²) < 4.78 is 5.49. The van der Waals surface area contributed by atoms with Gasteiger partial charge in [0.15, 0.2) is 0 Å². The molecule has 4 heteroatoms. The lowest BCUT2D eigenvalue weighted by Gasteiger charge is -2.31. The molecule has 3 aromatic rings. The summed E-state index contributed by atoms with van der Waals surface area (Å²) in [5.41, 5.74) is 3.65. The zero-order chi connectivity index (χ0) is 17.6. The van der Waals surface area contributed by atoms with Gasteiger partial charge in [-0.15, -0.1) is 0 Å². The van der Waals surface area contributed by atoms with Crippen molar-refractivity contribution in [2.45, 2.75) is 12.6 Å². The normalized spacial score (nSPS) is 16.6. The third-order valence-electron chi connectivity index (χ3n) is 5.00. The summed E-state index contributed by atoms with van der Waals surface area (Å²) in [5.74, 6) is 0. The van der Waals surface area contributed by atoms with Gasteiger partial charge in [0.25, 0.3) is 0 Å². The lowest BCUT2D eigenvalue weighted by molar-refractivity contribution is 0.0333. The van der Waals surface area contributed by atoms with Crippen LogP contribution < -0.4 is 5.32 Å². The summed E-state index contributed by atoms with van der Waals surface area (Å²) in [5, 5.41) is 4.96. The number of hydrogen-bond acceptors (Lipinski definition) is 4. The Labute approximate surface area is 154 Å². The van der Waals surface area contributed by atoms with E-state index in [0.717, 1.165) is 44.9 Å². The molecule has 2 heterocycles. The van der Waals surface area contributed by atoms with E-state index in [1.165, 1.54) is 16.5 Å². The molecule has 1 N–H and O–H groups in total. The topological polar surface area (TPSA) is 37.4 Å². The van der Waals surface area contributed by atoms with E-state index < -0.39 is 0 Å². The predicted molar refractivity (Wildman–Crippen MR) is 105 cm³/mol. The number of nitrogens with one attached hydrogen (secondary N) is 1. The molecule has 26 heavy (non-hydrogen) atoms. The zero-order valence-electron chi connectivity index (χ0n) is 15.0. The lowest BCUT2D eigenvalue weighted by Crippen LogP contribution is -2.41. The van der Waals surface area contributed by atoms with Gasteiger partial charge in [-0.05, 0) is 17.2 Å². The molecule has 4 nitrogen and oxygen atoms in total. The number of nitrogens with zero attached hydrogens (tertiary/aromatic N) is 2. The van der Waals surface area contributed by atoms with E-state index in [1.54, 1.807) is 0 Å².